The zero-order chi connectivity index (χ0) is 14.0. The maximum Gasteiger partial charge on any atom is 0.253 e. The maximum absolute atomic E-state index is 12.1. The van der Waals surface area contributed by atoms with Crippen molar-refractivity contribution in [2.45, 2.75) is 20.4 Å². The number of rotatable bonds is 3. The molecule has 0 spiro atoms. The Morgan fingerprint density at radius 3 is 2.63 bits per heavy atom. The first-order valence-corrected chi connectivity index (χ1v) is 7.40. The van der Waals surface area contributed by atoms with E-state index in [4.69, 9.17) is 23.2 Å². The van der Waals surface area contributed by atoms with Gasteiger partial charge in [0.05, 0.1) is 22.2 Å². The van der Waals surface area contributed by atoms with Crippen LogP contribution in [-0.2, 0) is 6.54 Å². The van der Waals surface area contributed by atoms with Crippen LogP contribution in [0.25, 0.3) is 0 Å². The lowest BCUT2D eigenvalue weighted by Gasteiger charge is -2.09. The number of carbonyl (C=O) groups is 1. The SMILES string of the molecule is Cc1ccc(C(=O)NCc2sccc2Cl)c(Cl)c1C. The Balaban J connectivity index is 2.13. The summed E-state index contributed by atoms with van der Waals surface area (Å²) in [6.07, 6.45) is 0. The Kier molecular flexibility index (Phi) is 4.50. The highest BCUT2D eigenvalue weighted by Crippen LogP contribution is 2.24. The van der Waals surface area contributed by atoms with E-state index in [0.717, 1.165) is 16.0 Å². The molecule has 0 saturated heterocycles. The Hall–Kier alpha value is -1.03. The molecule has 1 aromatic heterocycles. The number of hydrogen-bond donors (Lipinski definition) is 1. The van der Waals surface area contributed by atoms with E-state index in [2.05, 4.69) is 5.32 Å². The first kappa shape index (κ1) is 14.4. The van der Waals surface area contributed by atoms with E-state index >= 15 is 0 Å². The van der Waals surface area contributed by atoms with Crippen LogP contribution in [0.1, 0.15) is 26.4 Å². The number of aryl methyl sites for hydroxylation is 1. The van der Waals surface area contributed by atoms with E-state index in [-0.39, 0.29) is 5.91 Å². The third-order valence-electron chi connectivity index (χ3n) is 3.00. The fourth-order valence-corrected chi connectivity index (χ4v) is 3.00. The molecule has 1 amide bonds. The predicted octanol–water partition coefficient (Wildman–Crippen LogP) is 4.60. The molecular weight excluding hydrogens is 301 g/mol. The first-order chi connectivity index (χ1) is 9.00. The number of nitrogens with one attached hydrogen (secondary N) is 1. The molecule has 2 aromatic rings. The molecule has 0 aliphatic heterocycles. The average molecular weight is 314 g/mol. The molecule has 0 radical (unpaired) electrons. The van der Waals surface area contributed by atoms with Gasteiger partial charge in [-0.05, 0) is 42.5 Å². The van der Waals surface area contributed by atoms with Gasteiger partial charge >= 0.3 is 0 Å². The van der Waals surface area contributed by atoms with Gasteiger partial charge in [0.25, 0.3) is 5.91 Å². The van der Waals surface area contributed by atoms with Crippen LogP contribution in [0.3, 0.4) is 0 Å². The molecule has 1 heterocycles. The molecule has 0 bridgehead atoms. The van der Waals surface area contributed by atoms with Crippen molar-refractivity contribution in [1.29, 1.82) is 0 Å². The van der Waals surface area contributed by atoms with Crippen LogP contribution in [0.2, 0.25) is 10.0 Å². The molecule has 0 aliphatic rings. The predicted molar refractivity (Wildman–Crippen MR) is 81.4 cm³/mol. The van der Waals surface area contributed by atoms with Crippen molar-refractivity contribution in [3.8, 4) is 0 Å². The number of thiophene rings is 1. The van der Waals surface area contributed by atoms with Gasteiger partial charge in [-0.15, -0.1) is 11.3 Å². The average Bonchev–Trinajstić information content (AvgIpc) is 2.79. The summed E-state index contributed by atoms with van der Waals surface area (Å²) in [5, 5.41) is 5.91. The second-order valence-corrected chi connectivity index (χ2v) is 6.03. The summed E-state index contributed by atoms with van der Waals surface area (Å²) in [7, 11) is 0. The topological polar surface area (TPSA) is 29.1 Å². The summed E-state index contributed by atoms with van der Waals surface area (Å²) in [5.41, 5.74) is 2.50. The van der Waals surface area contributed by atoms with Gasteiger partial charge in [-0.2, -0.15) is 0 Å². The molecule has 100 valence electrons. The van der Waals surface area contributed by atoms with Gasteiger partial charge in [-0.3, -0.25) is 4.79 Å². The number of carbonyl (C=O) groups excluding carboxylic acids is 1. The third kappa shape index (κ3) is 3.11. The van der Waals surface area contributed by atoms with Crippen LogP contribution in [0, 0.1) is 13.8 Å². The smallest absolute Gasteiger partial charge is 0.253 e. The molecule has 0 aliphatic carbocycles. The number of halogens is 2. The third-order valence-corrected chi connectivity index (χ3v) is 4.88. The largest absolute Gasteiger partial charge is 0.347 e. The van der Waals surface area contributed by atoms with Crippen molar-refractivity contribution < 1.29 is 4.79 Å². The fourth-order valence-electron chi connectivity index (χ4n) is 1.66. The van der Waals surface area contributed by atoms with Crippen LogP contribution in [0.5, 0.6) is 0 Å². The van der Waals surface area contributed by atoms with Gasteiger partial charge in [0.1, 0.15) is 0 Å². The lowest BCUT2D eigenvalue weighted by Crippen LogP contribution is -2.23. The summed E-state index contributed by atoms with van der Waals surface area (Å²) in [6.45, 7) is 4.29. The number of benzene rings is 1. The van der Waals surface area contributed by atoms with Crippen molar-refractivity contribution in [2.24, 2.45) is 0 Å². The molecule has 1 aromatic carbocycles. The quantitative estimate of drug-likeness (QED) is 0.881. The van der Waals surface area contributed by atoms with E-state index in [1.165, 1.54) is 11.3 Å². The minimum atomic E-state index is -0.183. The summed E-state index contributed by atoms with van der Waals surface area (Å²) in [6, 6.07) is 5.46. The molecule has 5 heteroatoms. The Morgan fingerprint density at radius 1 is 1.26 bits per heavy atom. The van der Waals surface area contributed by atoms with Crippen LogP contribution >= 0.6 is 34.5 Å². The molecule has 0 atom stereocenters. The van der Waals surface area contributed by atoms with Gasteiger partial charge in [-0.25, -0.2) is 0 Å². The van der Waals surface area contributed by atoms with Crippen molar-refractivity contribution in [3.05, 3.63) is 55.2 Å². The Labute approximate surface area is 126 Å². The number of hydrogen-bond acceptors (Lipinski definition) is 2. The minimum Gasteiger partial charge on any atom is -0.347 e. The van der Waals surface area contributed by atoms with E-state index in [0.29, 0.717) is 22.2 Å². The highest BCUT2D eigenvalue weighted by Gasteiger charge is 2.13. The lowest BCUT2D eigenvalue weighted by molar-refractivity contribution is 0.0951. The molecule has 0 saturated carbocycles. The summed E-state index contributed by atoms with van der Waals surface area (Å²) in [4.78, 5) is 13.0. The fraction of sp³-hybridized carbons (Fsp3) is 0.214. The highest BCUT2D eigenvalue weighted by atomic mass is 35.5. The zero-order valence-corrected chi connectivity index (χ0v) is 12.9. The molecular formula is C14H13Cl2NOS. The molecule has 0 unspecified atom stereocenters. The highest BCUT2D eigenvalue weighted by molar-refractivity contribution is 7.10. The van der Waals surface area contributed by atoms with E-state index in [1.54, 1.807) is 6.07 Å². The van der Waals surface area contributed by atoms with Gasteiger partial charge < -0.3 is 5.32 Å². The van der Waals surface area contributed by atoms with Crippen molar-refractivity contribution in [3.63, 3.8) is 0 Å². The van der Waals surface area contributed by atoms with Crippen LogP contribution < -0.4 is 5.32 Å². The van der Waals surface area contributed by atoms with Crippen molar-refractivity contribution in [1.82, 2.24) is 5.32 Å². The van der Waals surface area contributed by atoms with E-state index in [1.807, 2.05) is 31.4 Å². The van der Waals surface area contributed by atoms with Gasteiger partial charge in [0.15, 0.2) is 0 Å². The normalized spacial score (nSPS) is 10.5. The molecule has 2 nitrogen and oxygen atoms in total. The van der Waals surface area contributed by atoms with Crippen LogP contribution in [0.4, 0.5) is 0 Å². The Bertz CT molecular complexity index is 622. The molecule has 2 rings (SSSR count). The number of amides is 1. The summed E-state index contributed by atoms with van der Waals surface area (Å²) >= 11 is 13.7. The Morgan fingerprint density at radius 2 is 2.00 bits per heavy atom. The minimum absolute atomic E-state index is 0.183. The standard InChI is InChI=1S/C14H13Cl2NOS/c1-8-3-4-10(13(16)9(8)2)14(18)17-7-12-11(15)5-6-19-12/h3-6H,7H2,1-2H3,(H,17,18). The van der Waals surface area contributed by atoms with Crippen molar-refractivity contribution >= 4 is 40.4 Å². The first-order valence-electron chi connectivity index (χ1n) is 5.76. The monoisotopic (exact) mass is 313 g/mol. The summed E-state index contributed by atoms with van der Waals surface area (Å²) in [5.74, 6) is -0.183. The molecule has 0 fully saturated rings. The molecule has 1 N–H and O–H groups in total. The lowest BCUT2D eigenvalue weighted by atomic mass is 10.1. The molecule has 19 heavy (non-hydrogen) atoms. The second kappa shape index (κ2) is 5.95. The van der Waals surface area contributed by atoms with Gasteiger partial charge in [0, 0.05) is 4.88 Å². The van der Waals surface area contributed by atoms with E-state index in [9.17, 15) is 4.79 Å². The maximum atomic E-state index is 12.1. The van der Waals surface area contributed by atoms with Crippen LogP contribution in [0.15, 0.2) is 23.6 Å². The van der Waals surface area contributed by atoms with E-state index < -0.39 is 0 Å². The van der Waals surface area contributed by atoms with Crippen LogP contribution in [-0.4, -0.2) is 5.91 Å². The zero-order valence-electron chi connectivity index (χ0n) is 10.6. The van der Waals surface area contributed by atoms with Crippen molar-refractivity contribution in [2.75, 3.05) is 0 Å². The van der Waals surface area contributed by atoms with Gasteiger partial charge in [0.2, 0.25) is 0 Å². The summed E-state index contributed by atoms with van der Waals surface area (Å²) < 4.78 is 0. The second-order valence-electron chi connectivity index (χ2n) is 4.24. The van der Waals surface area contributed by atoms with Gasteiger partial charge in [-0.1, -0.05) is 29.3 Å².